The van der Waals surface area contributed by atoms with E-state index in [0.29, 0.717) is 11.2 Å². The van der Waals surface area contributed by atoms with Crippen LogP contribution in [0, 0.1) is 0 Å². The van der Waals surface area contributed by atoms with Crippen LogP contribution in [0.4, 0.5) is 0 Å². The summed E-state index contributed by atoms with van der Waals surface area (Å²) in [5.74, 6) is -0.636. The van der Waals surface area contributed by atoms with Crippen molar-refractivity contribution in [1.29, 1.82) is 0 Å². The molecule has 0 aliphatic rings. The summed E-state index contributed by atoms with van der Waals surface area (Å²) in [5.41, 5.74) is 1.39. The van der Waals surface area contributed by atoms with Crippen molar-refractivity contribution in [3.8, 4) is 0 Å². The molecule has 8 nitrogen and oxygen atoms in total. The van der Waals surface area contributed by atoms with Crippen LogP contribution < -0.4 is 15.6 Å². The van der Waals surface area contributed by atoms with Crippen molar-refractivity contribution in [2.24, 2.45) is 0 Å². The predicted octanol–water partition coefficient (Wildman–Crippen LogP) is 0.674. The highest BCUT2D eigenvalue weighted by molar-refractivity contribution is 7.88. The highest BCUT2D eigenvalue weighted by atomic mass is 32.2. The molecule has 1 aromatic carbocycles. The minimum absolute atomic E-state index is 0.0459. The molecule has 2 N–H and O–H groups in total. The first-order chi connectivity index (χ1) is 12.9. The van der Waals surface area contributed by atoms with Crippen LogP contribution in [-0.2, 0) is 22.3 Å². The van der Waals surface area contributed by atoms with Crippen molar-refractivity contribution in [3.63, 3.8) is 0 Å². The van der Waals surface area contributed by atoms with Gasteiger partial charge in [0.1, 0.15) is 11.2 Å². The minimum Gasteiger partial charge on any atom is -0.348 e. The quantitative estimate of drug-likeness (QED) is 0.647. The molecule has 0 unspecified atom stereocenters. The molecule has 0 fully saturated rings. The summed E-state index contributed by atoms with van der Waals surface area (Å²) in [5, 5.41) is 2.68. The Hall–Kier alpha value is -3.04. The summed E-state index contributed by atoms with van der Waals surface area (Å²) in [6, 6.07) is 11.9. The van der Waals surface area contributed by atoms with Gasteiger partial charge in [0.05, 0.1) is 5.75 Å². The zero-order chi connectivity index (χ0) is 19.4. The molecule has 0 saturated heterocycles. The summed E-state index contributed by atoms with van der Waals surface area (Å²) in [7, 11) is -1.97. The molecule has 0 atom stereocenters. The molecule has 27 heavy (non-hydrogen) atoms. The van der Waals surface area contributed by atoms with Crippen molar-refractivity contribution in [1.82, 2.24) is 19.4 Å². The van der Waals surface area contributed by atoms with E-state index >= 15 is 0 Å². The molecule has 1 amide bonds. The van der Waals surface area contributed by atoms with E-state index in [1.165, 1.54) is 17.6 Å². The van der Waals surface area contributed by atoms with Gasteiger partial charge in [-0.1, -0.05) is 30.3 Å². The van der Waals surface area contributed by atoms with Crippen LogP contribution in [0.25, 0.3) is 5.65 Å². The average molecular weight is 386 g/mol. The number of nitrogens with one attached hydrogen (secondary N) is 2. The number of pyridine rings is 1. The Bertz CT molecular complexity index is 1140. The number of rotatable bonds is 6. The largest absolute Gasteiger partial charge is 0.348 e. The van der Waals surface area contributed by atoms with Gasteiger partial charge < -0.3 is 5.32 Å². The zero-order valence-electron chi connectivity index (χ0n) is 14.5. The predicted molar refractivity (Wildman–Crippen MR) is 101 cm³/mol. The fourth-order valence-electron chi connectivity index (χ4n) is 2.50. The SMILES string of the molecule is CNS(=O)(=O)Cc1ccc(CNC(=O)c2cnc3ccccn3c2=O)cc1. The fourth-order valence-corrected chi connectivity index (χ4v) is 3.28. The van der Waals surface area contributed by atoms with E-state index in [-0.39, 0.29) is 17.9 Å². The third-order valence-corrected chi connectivity index (χ3v) is 5.34. The lowest BCUT2D eigenvalue weighted by Crippen LogP contribution is -2.31. The molecule has 140 valence electrons. The van der Waals surface area contributed by atoms with Gasteiger partial charge in [-0.25, -0.2) is 18.1 Å². The molecule has 0 aliphatic carbocycles. The Balaban J connectivity index is 1.69. The average Bonchev–Trinajstić information content (AvgIpc) is 2.67. The maximum Gasteiger partial charge on any atom is 0.270 e. The molecule has 0 radical (unpaired) electrons. The van der Waals surface area contributed by atoms with E-state index in [1.807, 2.05) is 0 Å². The number of nitrogens with zero attached hydrogens (tertiary/aromatic N) is 2. The normalized spacial score (nSPS) is 11.4. The molecule has 2 aromatic heterocycles. The topological polar surface area (TPSA) is 110 Å². The standard InChI is InChI=1S/C18H18N4O4S/c1-19-27(25,26)12-14-7-5-13(6-8-14)10-21-17(23)15-11-20-16-4-2-3-9-22(16)18(15)24/h2-9,11,19H,10,12H2,1H3,(H,21,23). The van der Waals surface area contributed by atoms with Crippen molar-refractivity contribution in [2.75, 3.05) is 7.05 Å². The summed E-state index contributed by atoms with van der Waals surface area (Å²) >= 11 is 0. The van der Waals surface area contributed by atoms with Crippen molar-refractivity contribution in [2.45, 2.75) is 12.3 Å². The van der Waals surface area contributed by atoms with Crippen LogP contribution in [-0.4, -0.2) is 30.8 Å². The van der Waals surface area contributed by atoms with E-state index in [2.05, 4.69) is 15.0 Å². The van der Waals surface area contributed by atoms with E-state index in [0.717, 1.165) is 5.56 Å². The van der Waals surface area contributed by atoms with Crippen LogP contribution in [0.5, 0.6) is 0 Å². The second-order valence-corrected chi connectivity index (χ2v) is 7.79. The Morgan fingerprint density at radius 1 is 1.11 bits per heavy atom. The fraction of sp³-hybridized carbons (Fsp3) is 0.167. The molecule has 3 aromatic rings. The van der Waals surface area contributed by atoms with Crippen molar-refractivity contribution < 1.29 is 13.2 Å². The van der Waals surface area contributed by atoms with Gasteiger partial charge in [0.25, 0.3) is 11.5 Å². The summed E-state index contributed by atoms with van der Waals surface area (Å²) in [6.45, 7) is 0.203. The minimum atomic E-state index is -3.33. The van der Waals surface area contributed by atoms with Crippen LogP contribution in [0.3, 0.4) is 0 Å². The molecule has 2 heterocycles. The molecule has 0 saturated carbocycles. The van der Waals surface area contributed by atoms with E-state index in [1.54, 1.807) is 48.7 Å². The first kappa shape index (κ1) is 18.7. The third-order valence-electron chi connectivity index (χ3n) is 4.00. The number of carbonyl (C=O) groups is 1. The maximum absolute atomic E-state index is 12.4. The molecule has 0 aliphatic heterocycles. The number of sulfonamides is 1. The molecule has 3 rings (SSSR count). The second-order valence-electron chi connectivity index (χ2n) is 5.87. The smallest absolute Gasteiger partial charge is 0.270 e. The Kier molecular flexibility index (Phi) is 5.33. The first-order valence-electron chi connectivity index (χ1n) is 8.13. The van der Waals surface area contributed by atoms with Crippen LogP contribution in [0.1, 0.15) is 21.5 Å². The monoisotopic (exact) mass is 386 g/mol. The Morgan fingerprint density at radius 3 is 2.52 bits per heavy atom. The molecule has 9 heteroatoms. The third kappa shape index (κ3) is 4.39. The van der Waals surface area contributed by atoms with Gasteiger partial charge in [0, 0.05) is 18.9 Å². The number of carbonyl (C=O) groups excluding carboxylic acids is 1. The molecule has 0 bridgehead atoms. The lowest BCUT2D eigenvalue weighted by atomic mass is 10.1. The summed E-state index contributed by atoms with van der Waals surface area (Å²) in [6.07, 6.45) is 2.82. The molecular weight excluding hydrogens is 368 g/mol. The lowest BCUT2D eigenvalue weighted by molar-refractivity contribution is 0.0949. The lowest BCUT2D eigenvalue weighted by Gasteiger charge is -2.07. The van der Waals surface area contributed by atoms with Gasteiger partial charge in [-0.15, -0.1) is 0 Å². The molecule has 0 spiro atoms. The second kappa shape index (κ2) is 7.68. The first-order valence-corrected chi connectivity index (χ1v) is 9.78. The Morgan fingerprint density at radius 2 is 1.81 bits per heavy atom. The van der Waals surface area contributed by atoms with Crippen LogP contribution in [0.15, 0.2) is 59.7 Å². The number of fused-ring (bicyclic) bond motifs is 1. The highest BCUT2D eigenvalue weighted by Crippen LogP contribution is 2.08. The maximum atomic E-state index is 12.4. The van der Waals surface area contributed by atoms with E-state index < -0.39 is 21.5 Å². The number of hydrogen-bond acceptors (Lipinski definition) is 5. The van der Waals surface area contributed by atoms with Gasteiger partial charge in [0.2, 0.25) is 10.0 Å². The van der Waals surface area contributed by atoms with E-state index in [9.17, 15) is 18.0 Å². The van der Waals surface area contributed by atoms with Gasteiger partial charge in [-0.2, -0.15) is 0 Å². The summed E-state index contributed by atoms with van der Waals surface area (Å²) < 4.78 is 26.7. The number of hydrogen-bond donors (Lipinski definition) is 2. The van der Waals surface area contributed by atoms with Crippen LogP contribution in [0.2, 0.25) is 0 Å². The Labute approximate surface area is 155 Å². The highest BCUT2D eigenvalue weighted by Gasteiger charge is 2.13. The van der Waals surface area contributed by atoms with Gasteiger partial charge in [0.15, 0.2) is 0 Å². The summed E-state index contributed by atoms with van der Waals surface area (Å²) in [4.78, 5) is 28.8. The van der Waals surface area contributed by atoms with Gasteiger partial charge in [-0.3, -0.25) is 14.0 Å². The number of benzene rings is 1. The van der Waals surface area contributed by atoms with Gasteiger partial charge >= 0.3 is 0 Å². The van der Waals surface area contributed by atoms with E-state index in [4.69, 9.17) is 0 Å². The zero-order valence-corrected chi connectivity index (χ0v) is 15.4. The van der Waals surface area contributed by atoms with Gasteiger partial charge in [-0.05, 0) is 30.3 Å². The van der Waals surface area contributed by atoms with Crippen molar-refractivity contribution >= 4 is 21.6 Å². The van der Waals surface area contributed by atoms with Crippen LogP contribution >= 0.6 is 0 Å². The molecular formula is C18H18N4O4S. The number of aromatic nitrogens is 2. The van der Waals surface area contributed by atoms with Crippen molar-refractivity contribution in [3.05, 3.63) is 81.9 Å². The number of amides is 1.